The average Bonchev–Trinajstić information content (AvgIpc) is 2.92. The Morgan fingerprint density at radius 3 is 2.84 bits per heavy atom. The molecule has 104 valence electrons. The first-order chi connectivity index (χ1) is 9.20. The summed E-state index contributed by atoms with van der Waals surface area (Å²) in [6.45, 7) is 3.47. The highest BCUT2D eigenvalue weighted by atomic mass is 35.5. The van der Waals surface area contributed by atoms with Crippen molar-refractivity contribution in [1.82, 2.24) is 10.3 Å². The van der Waals surface area contributed by atoms with E-state index in [1.807, 2.05) is 6.92 Å². The molecule has 0 aliphatic heterocycles. The number of rotatable bonds is 5. The molecular weight excluding hydrogens is 262 g/mol. The Balaban J connectivity index is 1.98. The molecule has 1 aromatic rings. The highest BCUT2D eigenvalue weighted by Crippen LogP contribution is 2.24. The van der Waals surface area contributed by atoms with Gasteiger partial charge in [-0.1, -0.05) is 24.4 Å². The largest absolute Gasteiger partial charge is 0.370 e. The molecule has 0 saturated heterocycles. The van der Waals surface area contributed by atoms with E-state index in [-0.39, 0.29) is 5.91 Å². The molecule has 0 spiro atoms. The minimum absolute atomic E-state index is 0.184. The molecule has 0 radical (unpaired) electrons. The molecule has 1 amide bonds. The normalized spacial score (nSPS) is 15.5. The van der Waals surface area contributed by atoms with Crippen LogP contribution in [0.4, 0.5) is 5.82 Å². The zero-order valence-corrected chi connectivity index (χ0v) is 12.0. The van der Waals surface area contributed by atoms with Gasteiger partial charge in [-0.2, -0.15) is 0 Å². The molecule has 0 unspecified atom stereocenters. The fourth-order valence-corrected chi connectivity index (χ4v) is 2.61. The van der Waals surface area contributed by atoms with Crippen LogP contribution in [0.1, 0.15) is 43.1 Å². The molecule has 1 aliphatic rings. The number of aromatic nitrogens is 1. The van der Waals surface area contributed by atoms with Gasteiger partial charge in [-0.25, -0.2) is 4.98 Å². The predicted molar refractivity (Wildman–Crippen MR) is 77.7 cm³/mol. The van der Waals surface area contributed by atoms with Crippen molar-refractivity contribution >= 4 is 23.3 Å². The topological polar surface area (TPSA) is 54.0 Å². The number of nitrogens with zero attached hydrogens (tertiary/aromatic N) is 1. The van der Waals surface area contributed by atoms with Crippen LogP contribution < -0.4 is 10.6 Å². The number of amides is 1. The first-order valence-electron chi connectivity index (χ1n) is 6.89. The SMILES string of the molecule is CCNc1ccc(Cl)c(C(=O)NCC2CCCC2)n1. The minimum Gasteiger partial charge on any atom is -0.370 e. The van der Waals surface area contributed by atoms with E-state index >= 15 is 0 Å². The molecule has 2 N–H and O–H groups in total. The summed E-state index contributed by atoms with van der Waals surface area (Å²) in [5, 5.41) is 6.41. The molecule has 1 aromatic heterocycles. The Bertz CT molecular complexity index is 444. The van der Waals surface area contributed by atoms with Gasteiger partial charge in [0.15, 0.2) is 0 Å². The van der Waals surface area contributed by atoms with Gasteiger partial charge >= 0.3 is 0 Å². The Kier molecular flexibility index (Phi) is 5.02. The van der Waals surface area contributed by atoms with Crippen LogP contribution in [0.15, 0.2) is 12.1 Å². The van der Waals surface area contributed by atoms with E-state index in [1.165, 1.54) is 25.7 Å². The molecule has 2 rings (SSSR count). The van der Waals surface area contributed by atoms with Crippen LogP contribution in [0, 0.1) is 5.92 Å². The zero-order chi connectivity index (χ0) is 13.7. The van der Waals surface area contributed by atoms with Crippen LogP contribution in [0.25, 0.3) is 0 Å². The molecule has 1 fully saturated rings. The van der Waals surface area contributed by atoms with Crippen LogP contribution in [0.3, 0.4) is 0 Å². The van der Waals surface area contributed by atoms with E-state index in [2.05, 4.69) is 15.6 Å². The Hall–Kier alpha value is -1.29. The van der Waals surface area contributed by atoms with Gasteiger partial charge in [0.05, 0.1) is 5.02 Å². The van der Waals surface area contributed by atoms with Crippen molar-refractivity contribution in [2.45, 2.75) is 32.6 Å². The van der Waals surface area contributed by atoms with Crippen molar-refractivity contribution in [2.24, 2.45) is 5.92 Å². The van der Waals surface area contributed by atoms with Crippen molar-refractivity contribution < 1.29 is 4.79 Å². The van der Waals surface area contributed by atoms with E-state index in [9.17, 15) is 4.79 Å². The first kappa shape index (κ1) is 14.1. The molecule has 0 bridgehead atoms. The van der Waals surface area contributed by atoms with Gasteiger partial charge < -0.3 is 10.6 Å². The van der Waals surface area contributed by atoms with E-state index in [1.54, 1.807) is 12.1 Å². The van der Waals surface area contributed by atoms with E-state index in [0.717, 1.165) is 13.1 Å². The summed E-state index contributed by atoms with van der Waals surface area (Å²) in [4.78, 5) is 16.3. The van der Waals surface area contributed by atoms with E-state index < -0.39 is 0 Å². The maximum absolute atomic E-state index is 12.1. The van der Waals surface area contributed by atoms with Gasteiger partial charge in [0.1, 0.15) is 11.5 Å². The molecule has 0 aromatic carbocycles. The van der Waals surface area contributed by atoms with E-state index in [0.29, 0.717) is 22.5 Å². The van der Waals surface area contributed by atoms with Gasteiger partial charge in [0.2, 0.25) is 0 Å². The first-order valence-corrected chi connectivity index (χ1v) is 7.27. The highest BCUT2D eigenvalue weighted by Gasteiger charge is 2.18. The fraction of sp³-hybridized carbons (Fsp3) is 0.571. The quantitative estimate of drug-likeness (QED) is 0.872. The fourth-order valence-electron chi connectivity index (χ4n) is 2.42. The number of anilines is 1. The van der Waals surface area contributed by atoms with Gasteiger partial charge in [-0.3, -0.25) is 4.79 Å². The maximum Gasteiger partial charge on any atom is 0.271 e. The van der Waals surface area contributed by atoms with Crippen LogP contribution in [-0.4, -0.2) is 24.0 Å². The molecular formula is C14H20ClN3O. The lowest BCUT2D eigenvalue weighted by molar-refractivity contribution is 0.0942. The van der Waals surface area contributed by atoms with Gasteiger partial charge in [0, 0.05) is 13.1 Å². The highest BCUT2D eigenvalue weighted by molar-refractivity contribution is 6.33. The summed E-state index contributed by atoms with van der Waals surface area (Å²) in [5.41, 5.74) is 0.304. The van der Waals surface area contributed by atoms with E-state index in [4.69, 9.17) is 11.6 Å². The second-order valence-electron chi connectivity index (χ2n) is 4.92. The summed E-state index contributed by atoms with van der Waals surface area (Å²) in [6, 6.07) is 3.48. The maximum atomic E-state index is 12.1. The Morgan fingerprint density at radius 1 is 1.42 bits per heavy atom. The third-order valence-electron chi connectivity index (χ3n) is 3.45. The van der Waals surface area contributed by atoms with Crippen LogP contribution >= 0.6 is 11.6 Å². The number of pyridine rings is 1. The average molecular weight is 282 g/mol. The van der Waals surface area contributed by atoms with Crippen molar-refractivity contribution in [3.8, 4) is 0 Å². The van der Waals surface area contributed by atoms with Gasteiger partial charge in [0.25, 0.3) is 5.91 Å². The monoisotopic (exact) mass is 281 g/mol. The third kappa shape index (κ3) is 3.83. The number of hydrogen-bond donors (Lipinski definition) is 2. The molecule has 1 heterocycles. The Labute approximate surface area is 118 Å². The standard InChI is InChI=1S/C14H20ClN3O/c1-2-16-12-8-7-11(15)13(18-12)14(19)17-9-10-5-3-4-6-10/h7-8,10H,2-6,9H2,1H3,(H,16,18)(H,17,19). The summed E-state index contributed by atoms with van der Waals surface area (Å²) < 4.78 is 0. The minimum atomic E-state index is -0.184. The zero-order valence-electron chi connectivity index (χ0n) is 11.2. The number of nitrogens with one attached hydrogen (secondary N) is 2. The molecule has 5 heteroatoms. The van der Waals surface area contributed by atoms with Crippen molar-refractivity contribution in [3.63, 3.8) is 0 Å². The molecule has 1 aliphatic carbocycles. The van der Waals surface area contributed by atoms with Crippen molar-refractivity contribution in [2.75, 3.05) is 18.4 Å². The molecule has 1 saturated carbocycles. The second kappa shape index (κ2) is 6.75. The van der Waals surface area contributed by atoms with Crippen molar-refractivity contribution in [1.29, 1.82) is 0 Å². The van der Waals surface area contributed by atoms with Crippen LogP contribution in [0.2, 0.25) is 5.02 Å². The number of halogens is 1. The number of carbonyl (C=O) groups is 1. The summed E-state index contributed by atoms with van der Waals surface area (Å²) in [7, 11) is 0. The van der Waals surface area contributed by atoms with Gasteiger partial charge in [-0.05, 0) is 37.8 Å². The Morgan fingerprint density at radius 2 is 2.16 bits per heavy atom. The smallest absolute Gasteiger partial charge is 0.271 e. The summed E-state index contributed by atoms with van der Waals surface area (Å²) in [6.07, 6.45) is 4.96. The number of hydrogen-bond acceptors (Lipinski definition) is 3. The summed E-state index contributed by atoms with van der Waals surface area (Å²) >= 11 is 6.04. The summed E-state index contributed by atoms with van der Waals surface area (Å²) in [5.74, 6) is 1.11. The van der Waals surface area contributed by atoms with Gasteiger partial charge in [-0.15, -0.1) is 0 Å². The lowest BCUT2D eigenvalue weighted by Crippen LogP contribution is -2.29. The second-order valence-corrected chi connectivity index (χ2v) is 5.32. The van der Waals surface area contributed by atoms with Crippen LogP contribution in [-0.2, 0) is 0 Å². The molecule has 0 atom stereocenters. The lowest BCUT2D eigenvalue weighted by Gasteiger charge is -2.11. The van der Waals surface area contributed by atoms with Crippen LogP contribution in [0.5, 0.6) is 0 Å². The third-order valence-corrected chi connectivity index (χ3v) is 3.75. The number of carbonyl (C=O) groups excluding carboxylic acids is 1. The molecule has 4 nitrogen and oxygen atoms in total. The van der Waals surface area contributed by atoms with Crippen molar-refractivity contribution in [3.05, 3.63) is 22.8 Å². The molecule has 19 heavy (non-hydrogen) atoms. The lowest BCUT2D eigenvalue weighted by atomic mass is 10.1. The predicted octanol–water partition coefficient (Wildman–Crippen LogP) is 3.09.